The predicted octanol–water partition coefficient (Wildman–Crippen LogP) is 6.52. The Balaban J connectivity index is 1.50. The van der Waals surface area contributed by atoms with Gasteiger partial charge in [0.15, 0.2) is 0 Å². The molecule has 1 amide bonds. The van der Waals surface area contributed by atoms with Crippen LogP contribution >= 0.6 is 11.8 Å². The normalized spacial score (nSPS) is 11.3. The van der Waals surface area contributed by atoms with Crippen LogP contribution in [0.3, 0.4) is 0 Å². The number of benzene rings is 4. The Morgan fingerprint density at radius 3 is 2.11 bits per heavy atom. The maximum absolute atomic E-state index is 13.4. The highest BCUT2D eigenvalue weighted by Crippen LogP contribution is 2.37. The van der Waals surface area contributed by atoms with E-state index < -0.39 is 11.2 Å². The topological polar surface area (TPSA) is 64.6 Å². The van der Waals surface area contributed by atoms with E-state index in [4.69, 9.17) is 9.47 Å². The van der Waals surface area contributed by atoms with Crippen molar-refractivity contribution in [3.63, 3.8) is 0 Å². The number of anilines is 1. The van der Waals surface area contributed by atoms with Crippen LogP contribution in [0.15, 0.2) is 114 Å². The second-order valence-electron chi connectivity index (χ2n) is 7.68. The Kier molecular flexibility index (Phi) is 8.20. The van der Waals surface area contributed by atoms with Gasteiger partial charge in [0.2, 0.25) is 5.91 Å². The Morgan fingerprint density at radius 2 is 1.43 bits per heavy atom. The predicted molar refractivity (Wildman–Crippen MR) is 139 cm³/mol. The summed E-state index contributed by atoms with van der Waals surface area (Å²) in [6.07, 6.45) is 0. The highest BCUT2D eigenvalue weighted by molar-refractivity contribution is 8.00. The van der Waals surface area contributed by atoms with Crippen LogP contribution in [0, 0.1) is 0 Å². The third-order valence-corrected chi connectivity index (χ3v) is 6.52. The zero-order valence-corrected chi connectivity index (χ0v) is 20.0. The van der Waals surface area contributed by atoms with E-state index in [2.05, 4.69) is 5.32 Å². The van der Waals surface area contributed by atoms with Crippen molar-refractivity contribution in [1.29, 1.82) is 0 Å². The van der Waals surface area contributed by atoms with Crippen molar-refractivity contribution in [3.8, 4) is 5.75 Å². The fourth-order valence-corrected chi connectivity index (χ4v) is 4.50. The summed E-state index contributed by atoms with van der Waals surface area (Å²) in [5.74, 6) is 0.0174. The maximum atomic E-state index is 13.4. The Morgan fingerprint density at radius 1 is 0.800 bits per heavy atom. The summed E-state index contributed by atoms with van der Waals surface area (Å²) >= 11 is 1.43. The van der Waals surface area contributed by atoms with Gasteiger partial charge in [-0.1, -0.05) is 72.8 Å². The van der Waals surface area contributed by atoms with Crippen LogP contribution in [-0.4, -0.2) is 19.0 Å². The van der Waals surface area contributed by atoms with E-state index in [0.717, 1.165) is 21.8 Å². The van der Waals surface area contributed by atoms with Gasteiger partial charge in [-0.25, -0.2) is 4.79 Å². The lowest BCUT2D eigenvalue weighted by atomic mass is 10.1. The minimum absolute atomic E-state index is 0.234. The van der Waals surface area contributed by atoms with E-state index in [-0.39, 0.29) is 5.91 Å². The molecular weight excluding hydrogens is 458 g/mol. The van der Waals surface area contributed by atoms with Gasteiger partial charge in [0.05, 0.1) is 18.4 Å². The summed E-state index contributed by atoms with van der Waals surface area (Å²) in [6.45, 7) is 0.488. The molecule has 0 bridgehead atoms. The average Bonchev–Trinajstić information content (AvgIpc) is 2.92. The molecule has 176 valence electrons. The molecule has 0 saturated carbocycles. The number of carbonyl (C=O) groups is 2. The van der Waals surface area contributed by atoms with E-state index in [1.54, 1.807) is 24.3 Å². The quantitative estimate of drug-likeness (QED) is 0.217. The van der Waals surface area contributed by atoms with Crippen LogP contribution in [0.25, 0.3) is 0 Å². The van der Waals surface area contributed by atoms with E-state index in [1.807, 2.05) is 84.9 Å². The van der Waals surface area contributed by atoms with Crippen molar-refractivity contribution >= 4 is 29.3 Å². The molecule has 35 heavy (non-hydrogen) atoms. The van der Waals surface area contributed by atoms with E-state index in [0.29, 0.717) is 17.9 Å². The van der Waals surface area contributed by atoms with Crippen molar-refractivity contribution < 1.29 is 19.1 Å². The van der Waals surface area contributed by atoms with Gasteiger partial charge in [-0.3, -0.25) is 4.79 Å². The number of thioether (sulfide) groups is 1. The third kappa shape index (κ3) is 6.52. The number of amides is 1. The molecule has 0 fully saturated rings. The summed E-state index contributed by atoms with van der Waals surface area (Å²) in [4.78, 5) is 26.4. The fraction of sp³-hybridized carbons (Fsp3) is 0.103. The molecule has 0 spiro atoms. The van der Waals surface area contributed by atoms with Gasteiger partial charge in [0, 0.05) is 4.90 Å². The molecule has 5 nitrogen and oxygen atoms in total. The average molecular weight is 484 g/mol. The first-order valence-corrected chi connectivity index (χ1v) is 12.0. The Bertz CT molecular complexity index is 1260. The molecule has 0 radical (unpaired) electrons. The maximum Gasteiger partial charge on any atom is 0.339 e. The lowest BCUT2D eigenvalue weighted by molar-refractivity contribution is -0.115. The lowest BCUT2D eigenvalue weighted by Crippen LogP contribution is -2.20. The summed E-state index contributed by atoms with van der Waals surface area (Å²) < 4.78 is 10.7. The highest BCUT2D eigenvalue weighted by atomic mass is 32.2. The molecule has 0 heterocycles. The second-order valence-corrected chi connectivity index (χ2v) is 8.86. The molecule has 4 aromatic carbocycles. The molecular formula is C29H25NO4S. The molecule has 0 aromatic heterocycles. The molecule has 0 aliphatic carbocycles. The first-order valence-electron chi connectivity index (χ1n) is 11.1. The number of esters is 1. The number of hydrogen-bond acceptors (Lipinski definition) is 5. The number of para-hydroxylation sites is 1. The fourth-order valence-electron chi connectivity index (χ4n) is 3.47. The van der Waals surface area contributed by atoms with Crippen LogP contribution in [-0.2, 0) is 16.1 Å². The molecule has 4 aromatic rings. The van der Waals surface area contributed by atoms with Gasteiger partial charge in [-0.05, 0) is 47.5 Å². The zero-order valence-electron chi connectivity index (χ0n) is 19.2. The van der Waals surface area contributed by atoms with Crippen molar-refractivity contribution in [3.05, 3.63) is 126 Å². The number of methoxy groups -OCH3 is 1. The molecule has 0 aliphatic heterocycles. The van der Waals surface area contributed by atoms with Gasteiger partial charge in [0.1, 0.15) is 17.6 Å². The van der Waals surface area contributed by atoms with E-state index >= 15 is 0 Å². The summed E-state index contributed by atoms with van der Waals surface area (Å²) in [5.41, 5.74) is 2.67. The SMILES string of the molecule is COC(=O)c1ccccc1NC(=O)C(Sc1ccc(OCc2ccccc2)cc1)c1ccccc1. The largest absolute Gasteiger partial charge is 0.489 e. The summed E-state index contributed by atoms with van der Waals surface area (Å²) in [7, 11) is 1.32. The first-order chi connectivity index (χ1) is 17.1. The van der Waals surface area contributed by atoms with Gasteiger partial charge in [-0.2, -0.15) is 0 Å². The number of hydrogen-bond donors (Lipinski definition) is 1. The van der Waals surface area contributed by atoms with Crippen LogP contribution in [0.1, 0.15) is 26.7 Å². The monoisotopic (exact) mass is 483 g/mol. The highest BCUT2D eigenvalue weighted by Gasteiger charge is 2.24. The van der Waals surface area contributed by atoms with Crippen LogP contribution in [0.2, 0.25) is 0 Å². The Labute approximate surface area is 209 Å². The van der Waals surface area contributed by atoms with Crippen molar-refractivity contribution in [2.45, 2.75) is 16.8 Å². The number of carbonyl (C=O) groups excluding carboxylic acids is 2. The molecule has 6 heteroatoms. The molecule has 1 unspecified atom stereocenters. The number of nitrogens with one attached hydrogen (secondary N) is 1. The smallest absolute Gasteiger partial charge is 0.339 e. The molecule has 1 atom stereocenters. The van der Waals surface area contributed by atoms with E-state index in [1.165, 1.54) is 18.9 Å². The minimum atomic E-state index is -0.530. The van der Waals surface area contributed by atoms with Gasteiger partial charge < -0.3 is 14.8 Å². The standard InChI is InChI=1S/C29H25NO4S/c1-33-29(32)25-14-8-9-15-26(25)30-28(31)27(22-12-6-3-7-13-22)35-24-18-16-23(17-19-24)34-20-21-10-4-2-5-11-21/h2-19,27H,20H2,1H3,(H,30,31). The van der Waals surface area contributed by atoms with Gasteiger partial charge in [0.25, 0.3) is 0 Å². The van der Waals surface area contributed by atoms with E-state index in [9.17, 15) is 9.59 Å². The minimum Gasteiger partial charge on any atom is -0.489 e. The number of ether oxygens (including phenoxy) is 2. The zero-order chi connectivity index (χ0) is 24.5. The van der Waals surface area contributed by atoms with Crippen LogP contribution in [0.4, 0.5) is 5.69 Å². The molecule has 4 rings (SSSR count). The number of rotatable bonds is 9. The van der Waals surface area contributed by atoms with Crippen LogP contribution in [0.5, 0.6) is 5.75 Å². The van der Waals surface area contributed by atoms with Gasteiger partial charge >= 0.3 is 5.97 Å². The van der Waals surface area contributed by atoms with Crippen molar-refractivity contribution in [1.82, 2.24) is 0 Å². The molecule has 0 saturated heterocycles. The van der Waals surface area contributed by atoms with Gasteiger partial charge in [-0.15, -0.1) is 11.8 Å². The first kappa shape index (κ1) is 24.1. The molecule has 0 aliphatic rings. The van der Waals surface area contributed by atoms with Crippen molar-refractivity contribution in [2.24, 2.45) is 0 Å². The third-order valence-electron chi connectivity index (χ3n) is 5.26. The summed E-state index contributed by atoms with van der Waals surface area (Å²) in [5, 5.41) is 2.38. The van der Waals surface area contributed by atoms with Crippen LogP contribution < -0.4 is 10.1 Å². The summed E-state index contributed by atoms with van der Waals surface area (Å²) in [6, 6.07) is 34.0. The molecule has 1 N–H and O–H groups in total. The second kappa shape index (κ2) is 11.9. The van der Waals surface area contributed by atoms with Crippen molar-refractivity contribution in [2.75, 3.05) is 12.4 Å². The lowest BCUT2D eigenvalue weighted by Gasteiger charge is -2.18. The Hall–Kier alpha value is -4.03.